The quantitative estimate of drug-likeness (QED) is 0.912. The minimum atomic E-state index is -0.588. The Balaban J connectivity index is 1.96. The summed E-state index contributed by atoms with van der Waals surface area (Å²) in [5.74, 6) is 0. The topological polar surface area (TPSA) is 36.4 Å². The third kappa shape index (κ3) is 4.03. The molecule has 0 saturated heterocycles. The molecule has 0 fully saturated rings. The molecule has 0 spiro atoms. The molecule has 1 aromatic heterocycles. The molecule has 3 nitrogen and oxygen atoms in total. The molecule has 1 aromatic carbocycles. The number of benzene rings is 1. The van der Waals surface area contributed by atoms with Crippen LogP contribution >= 0.6 is 11.6 Å². The van der Waals surface area contributed by atoms with Crippen LogP contribution in [0.4, 0.5) is 0 Å². The minimum absolute atomic E-state index is 0.526. The fourth-order valence-electron chi connectivity index (χ4n) is 2.01. The standard InChI is InChI=1S/C15H17ClN2O/c1-18(10-12-5-4-8-17-9-12)11-15(19)13-6-2-3-7-14(13)16/h2-9,15,19H,10-11H2,1H3. The van der Waals surface area contributed by atoms with Crippen molar-refractivity contribution in [2.45, 2.75) is 12.6 Å². The second kappa shape index (κ2) is 6.66. The van der Waals surface area contributed by atoms with Crippen LogP contribution in [0.25, 0.3) is 0 Å². The largest absolute Gasteiger partial charge is 0.387 e. The zero-order valence-corrected chi connectivity index (χ0v) is 11.6. The van der Waals surface area contributed by atoms with Crippen LogP contribution in [0, 0.1) is 0 Å². The van der Waals surface area contributed by atoms with E-state index in [1.807, 2.05) is 48.5 Å². The number of nitrogens with zero attached hydrogens (tertiary/aromatic N) is 2. The van der Waals surface area contributed by atoms with E-state index < -0.39 is 6.10 Å². The van der Waals surface area contributed by atoms with Gasteiger partial charge >= 0.3 is 0 Å². The van der Waals surface area contributed by atoms with Crippen molar-refractivity contribution in [2.24, 2.45) is 0 Å². The van der Waals surface area contributed by atoms with Gasteiger partial charge in [-0.1, -0.05) is 35.9 Å². The summed E-state index contributed by atoms with van der Waals surface area (Å²) in [7, 11) is 1.97. The van der Waals surface area contributed by atoms with Gasteiger partial charge in [-0.15, -0.1) is 0 Å². The fourth-order valence-corrected chi connectivity index (χ4v) is 2.27. The SMILES string of the molecule is CN(Cc1cccnc1)CC(O)c1ccccc1Cl. The third-order valence-electron chi connectivity index (χ3n) is 2.92. The number of likely N-dealkylation sites (N-methyl/N-ethyl adjacent to an activating group) is 1. The maximum Gasteiger partial charge on any atom is 0.0931 e. The summed E-state index contributed by atoms with van der Waals surface area (Å²) in [6, 6.07) is 11.3. The van der Waals surface area contributed by atoms with Gasteiger partial charge in [-0.2, -0.15) is 0 Å². The predicted octanol–water partition coefficient (Wildman–Crippen LogP) is 2.90. The highest BCUT2D eigenvalue weighted by Crippen LogP contribution is 2.23. The van der Waals surface area contributed by atoms with Gasteiger partial charge in [-0.05, 0) is 24.7 Å². The van der Waals surface area contributed by atoms with Crippen LogP contribution in [0.1, 0.15) is 17.2 Å². The Morgan fingerprint density at radius 1 is 1.26 bits per heavy atom. The van der Waals surface area contributed by atoms with E-state index in [9.17, 15) is 5.11 Å². The lowest BCUT2D eigenvalue weighted by atomic mass is 10.1. The van der Waals surface area contributed by atoms with Crippen molar-refractivity contribution in [3.05, 3.63) is 64.9 Å². The number of rotatable bonds is 5. The van der Waals surface area contributed by atoms with Gasteiger partial charge in [0, 0.05) is 36.1 Å². The maximum absolute atomic E-state index is 10.2. The zero-order chi connectivity index (χ0) is 13.7. The number of aromatic nitrogens is 1. The first-order chi connectivity index (χ1) is 9.16. The smallest absolute Gasteiger partial charge is 0.0931 e. The fraction of sp³-hybridized carbons (Fsp3) is 0.267. The molecule has 0 saturated carbocycles. The van der Waals surface area contributed by atoms with E-state index in [1.165, 1.54) is 0 Å². The van der Waals surface area contributed by atoms with Gasteiger partial charge in [0.25, 0.3) is 0 Å². The van der Waals surface area contributed by atoms with E-state index in [-0.39, 0.29) is 0 Å². The third-order valence-corrected chi connectivity index (χ3v) is 3.27. The molecule has 4 heteroatoms. The van der Waals surface area contributed by atoms with Gasteiger partial charge in [-0.3, -0.25) is 9.88 Å². The Labute approximate surface area is 118 Å². The molecule has 1 N–H and O–H groups in total. The monoisotopic (exact) mass is 276 g/mol. The van der Waals surface area contributed by atoms with Gasteiger partial charge in [0.05, 0.1) is 6.10 Å². The lowest BCUT2D eigenvalue weighted by Crippen LogP contribution is -2.24. The first-order valence-corrected chi connectivity index (χ1v) is 6.54. The zero-order valence-electron chi connectivity index (χ0n) is 10.8. The molecule has 1 atom stereocenters. The Bertz CT molecular complexity index is 519. The summed E-state index contributed by atoms with van der Waals surface area (Å²) in [5.41, 5.74) is 1.89. The average Bonchev–Trinajstić information content (AvgIpc) is 2.40. The van der Waals surface area contributed by atoms with Crippen molar-refractivity contribution in [2.75, 3.05) is 13.6 Å². The minimum Gasteiger partial charge on any atom is -0.387 e. The van der Waals surface area contributed by atoms with Crippen LogP contribution in [0.15, 0.2) is 48.8 Å². The number of aliphatic hydroxyl groups is 1. The van der Waals surface area contributed by atoms with Crippen molar-refractivity contribution < 1.29 is 5.11 Å². The number of hydrogen-bond donors (Lipinski definition) is 1. The molecule has 2 rings (SSSR count). The molecule has 0 aliphatic heterocycles. The van der Waals surface area contributed by atoms with Crippen LogP contribution < -0.4 is 0 Å². The highest BCUT2D eigenvalue weighted by molar-refractivity contribution is 6.31. The van der Waals surface area contributed by atoms with Gasteiger partial charge in [0.15, 0.2) is 0 Å². The van der Waals surface area contributed by atoms with Crippen LogP contribution in [0.3, 0.4) is 0 Å². The highest BCUT2D eigenvalue weighted by Gasteiger charge is 2.13. The van der Waals surface area contributed by atoms with Gasteiger partial charge in [0.1, 0.15) is 0 Å². The first-order valence-electron chi connectivity index (χ1n) is 6.17. The summed E-state index contributed by atoms with van der Waals surface area (Å²) in [6.07, 6.45) is 3.00. The molecule has 2 aromatic rings. The summed E-state index contributed by atoms with van der Waals surface area (Å²) in [6.45, 7) is 1.27. The summed E-state index contributed by atoms with van der Waals surface area (Å²) in [4.78, 5) is 6.13. The molecule has 0 radical (unpaired) electrons. The maximum atomic E-state index is 10.2. The van der Waals surface area contributed by atoms with Crippen LogP contribution in [0.5, 0.6) is 0 Å². The molecule has 0 aliphatic rings. The van der Waals surface area contributed by atoms with Crippen molar-refractivity contribution >= 4 is 11.6 Å². The van der Waals surface area contributed by atoms with E-state index >= 15 is 0 Å². The molecule has 1 unspecified atom stereocenters. The van der Waals surface area contributed by atoms with Crippen LogP contribution in [-0.2, 0) is 6.54 Å². The Kier molecular flexibility index (Phi) is 4.91. The van der Waals surface area contributed by atoms with Crippen LogP contribution in [0.2, 0.25) is 5.02 Å². The van der Waals surface area contributed by atoms with E-state index in [4.69, 9.17) is 11.6 Å². The summed E-state index contributed by atoms with van der Waals surface area (Å²) in [5, 5.41) is 10.8. The lowest BCUT2D eigenvalue weighted by Gasteiger charge is -2.21. The molecule has 0 bridgehead atoms. The highest BCUT2D eigenvalue weighted by atomic mass is 35.5. The van der Waals surface area contributed by atoms with Crippen molar-refractivity contribution in [3.8, 4) is 0 Å². The second-order valence-electron chi connectivity index (χ2n) is 4.60. The normalized spacial score (nSPS) is 12.6. The van der Waals surface area contributed by atoms with Gasteiger partial charge in [-0.25, -0.2) is 0 Å². The van der Waals surface area contributed by atoms with Crippen molar-refractivity contribution in [3.63, 3.8) is 0 Å². The second-order valence-corrected chi connectivity index (χ2v) is 5.00. The van der Waals surface area contributed by atoms with E-state index in [0.717, 1.165) is 17.7 Å². The molecular weight excluding hydrogens is 260 g/mol. The van der Waals surface area contributed by atoms with E-state index in [1.54, 1.807) is 12.3 Å². The number of hydrogen-bond acceptors (Lipinski definition) is 3. The number of aliphatic hydroxyl groups excluding tert-OH is 1. The molecule has 0 aliphatic carbocycles. The van der Waals surface area contributed by atoms with Gasteiger partial charge in [0.2, 0.25) is 0 Å². The van der Waals surface area contributed by atoms with Crippen LogP contribution in [-0.4, -0.2) is 28.6 Å². The summed E-state index contributed by atoms with van der Waals surface area (Å²) < 4.78 is 0. The molecule has 19 heavy (non-hydrogen) atoms. The summed E-state index contributed by atoms with van der Waals surface area (Å²) >= 11 is 6.07. The molecular formula is C15H17ClN2O. The Hall–Kier alpha value is -1.42. The van der Waals surface area contributed by atoms with Crippen molar-refractivity contribution in [1.29, 1.82) is 0 Å². The van der Waals surface area contributed by atoms with E-state index in [0.29, 0.717) is 11.6 Å². The molecule has 1 heterocycles. The van der Waals surface area contributed by atoms with Crippen molar-refractivity contribution in [1.82, 2.24) is 9.88 Å². The van der Waals surface area contributed by atoms with Gasteiger partial charge < -0.3 is 5.11 Å². The number of halogens is 1. The lowest BCUT2D eigenvalue weighted by molar-refractivity contribution is 0.124. The molecule has 100 valence electrons. The Morgan fingerprint density at radius 3 is 2.74 bits per heavy atom. The number of pyridine rings is 1. The Morgan fingerprint density at radius 2 is 2.05 bits per heavy atom. The average molecular weight is 277 g/mol. The molecule has 0 amide bonds. The predicted molar refractivity (Wildman–Crippen MR) is 77.0 cm³/mol. The first kappa shape index (κ1) is 14.0. The van der Waals surface area contributed by atoms with E-state index in [2.05, 4.69) is 4.98 Å².